The van der Waals surface area contributed by atoms with Crippen LogP contribution >= 0.6 is 0 Å². The lowest BCUT2D eigenvalue weighted by Gasteiger charge is -2.35. The highest BCUT2D eigenvalue weighted by Gasteiger charge is 2.31. The monoisotopic (exact) mass is 326 g/mol. The minimum Gasteiger partial charge on any atom is -0.354 e. The fraction of sp³-hybridized carbons (Fsp3) is 0.467. The van der Waals surface area contributed by atoms with E-state index >= 15 is 0 Å². The molecular weight excluding hydrogens is 309 g/mol. The molecule has 0 saturated carbocycles. The van der Waals surface area contributed by atoms with Gasteiger partial charge in [-0.2, -0.15) is 13.2 Å². The second kappa shape index (κ2) is 7.33. The number of nitrogens with one attached hydrogen (secondary N) is 1. The first-order valence-corrected chi connectivity index (χ1v) is 7.11. The smallest absolute Gasteiger partial charge is 0.354 e. The Hall–Kier alpha value is -2.27. The number of amides is 1. The summed E-state index contributed by atoms with van der Waals surface area (Å²) in [6, 6.07) is 2.40. The number of pyridine rings is 1. The number of terminal acetylenes is 1. The number of piperazine rings is 1. The van der Waals surface area contributed by atoms with Crippen molar-refractivity contribution in [3.05, 3.63) is 23.9 Å². The topological polar surface area (TPSA) is 48.5 Å². The summed E-state index contributed by atoms with van der Waals surface area (Å²) in [6.45, 7) is 2.92. The number of anilines is 1. The minimum absolute atomic E-state index is 0.135. The zero-order chi connectivity index (χ0) is 16.9. The molecule has 1 aliphatic rings. The molecule has 0 radical (unpaired) electrons. The average molecular weight is 326 g/mol. The molecule has 0 atom stereocenters. The van der Waals surface area contributed by atoms with Crippen molar-refractivity contribution in [1.82, 2.24) is 15.2 Å². The van der Waals surface area contributed by atoms with Gasteiger partial charge in [0.2, 0.25) is 5.91 Å². The number of nitrogens with zero attached hydrogens (tertiary/aromatic N) is 3. The van der Waals surface area contributed by atoms with Crippen molar-refractivity contribution in [2.45, 2.75) is 6.18 Å². The Morgan fingerprint density at radius 3 is 2.52 bits per heavy atom. The maximum absolute atomic E-state index is 12.5. The molecule has 8 heteroatoms. The number of carbonyl (C=O) groups is 1. The lowest BCUT2D eigenvalue weighted by molar-refractivity contribution is -0.137. The lowest BCUT2D eigenvalue weighted by atomic mass is 10.2. The molecular formula is C15H17F3N4O. The second-order valence-electron chi connectivity index (χ2n) is 5.15. The quantitative estimate of drug-likeness (QED) is 0.838. The third-order valence-corrected chi connectivity index (χ3v) is 3.53. The molecule has 0 aliphatic carbocycles. The summed E-state index contributed by atoms with van der Waals surface area (Å²) in [5, 5.41) is 2.59. The highest BCUT2D eigenvalue weighted by atomic mass is 19.4. The normalized spacial score (nSPS) is 16.0. The molecule has 1 N–H and O–H groups in total. The number of halogens is 3. The molecule has 0 spiro atoms. The highest BCUT2D eigenvalue weighted by Crippen LogP contribution is 2.29. The standard InChI is InChI=1S/C15H17F3N4O/c1-2-5-19-14(23)11-21-6-8-22(9-7-21)13-4-3-12(10-20-13)15(16,17)18/h1,3-4,10H,5-9,11H2,(H,19,23). The van der Waals surface area contributed by atoms with Crippen LogP contribution in [0.15, 0.2) is 18.3 Å². The summed E-state index contributed by atoms with van der Waals surface area (Å²) in [6.07, 6.45) is 1.53. The Bertz CT molecular complexity index is 572. The third kappa shape index (κ3) is 4.86. The molecule has 1 aromatic rings. The van der Waals surface area contributed by atoms with E-state index in [1.165, 1.54) is 6.07 Å². The summed E-state index contributed by atoms with van der Waals surface area (Å²) >= 11 is 0. The van der Waals surface area contributed by atoms with Gasteiger partial charge in [-0.15, -0.1) is 6.42 Å². The van der Waals surface area contributed by atoms with Crippen molar-refractivity contribution >= 4 is 11.7 Å². The maximum atomic E-state index is 12.5. The van der Waals surface area contributed by atoms with Crippen LogP contribution in [0.2, 0.25) is 0 Å². The Morgan fingerprint density at radius 2 is 2.00 bits per heavy atom. The van der Waals surface area contributed by atoms with E-state index in [0.29, 0.717) is 32.0 Å². The molecule has 0 bridgehead atoms. The van der Waals surface area contributed by atoms with E-state index in [0.717, 1.165) is 12.3 Å². The first-order chi connectivity index (χ1) is 10.9. The van der Waals surface area contributed by atoms with Gasteiger partial charge in [-0.05, 0) is 12.1 Å². The van der Waals surface area contributed by atoms with Gasteiger partial charge in [0.1, 0.15) is 5.82 Å². The van der Waals surface area contributed by atoms with E-state index in [2.05, 4.69) is 16.2 Å². The number of carbonyl (C=O) groups excluding carboxylic acids is 1. The van der Waals surface area contributed by atoms with Gasteiger partial charge in [0.05, 0.1) is 18.7 Å². The fourth-order valence-electron chi connectivity index (χ4n) is 2.28. The molecule has 0 unspecified atom stereocenters. The van der Waals surface area contributed by atoms with E-state index in [4.69, 9.17) is 6.42 Å². The first-order valence-electron chi connectivity index (χ1n) is 7.11. The van der Waals surface area contributed by atoms with Crippen LogP contribution in [0.3, 0.4) is 0 Å². The Morgan fingerprint density at radius 1 is 1.30 bits per heavy atom. The summed E-state index contributed by atoms with van der Waals surface area (Å²) in [4.78, 5) is 19.3. The molecule has 1 aliphatic heterocycles. The molecule has 1 amide bonds. The number of hydrogen-bond acceptors (Lipinski definition) is 4. The fourth-order valence-corrected chi connectivity index (χ4v) is 2.28. The number of aromatic nitrogens is 1. The molecule has 2 rings (SSSR count). The molecule has 1 aromatic heterocycles. The Labute approximate surface area is 132 Å². The van der Waals surface area contributed by atoms with Crippen molar-refractivity contribution in [2.24, 2.45) is 0 Å². The van der Waals surface area contributed by atoms with E-state index in [1.807, 2.05) is 9.80 Å². The predicted octanol–water partition coefficient (Wildman–Crippen LogP) is 0.972. The summed E-state index contributed by atoms with van der Waals surface area (Å²) in [7, 11) is 0. The highest BCUT2D eigenvalue weighted by molar-refractivity contribution is 5.78. The molecule has 1 saturated heterocycles. The zero-order valence-corrected chi connectivity index (χ0v) is 12.4. The summed E-state index contributed by atoms with van der Waals surface area (Å²) in [5.41, 5.74) is -0.759. The second-order valence-corrected chi connectivity index (χ2v) is 5.15. The van der Waals surface area contributed by atoms with Gasteiger partial charge in [0, 0.05) is 32.4 Å². The van der Waals surface area contributed by atoms with Crippen molar-refractivity contribution in [2.75, 3.05) is 44.2 Å². The van der Waals surface area contributed by atoms with Crippen molar-refractivity contribution in [1.29, 1.82) is 0 Å². The first kappa shape index (κ1) is 17.1. The minimum atomic E-state index is -4.38. The van der Waals surface area contributed by atoms with Crippen molar-refractivity contribution < 1.29 is 18.0 Å². The summed E-state index contributed by atoms with van der Waals surface area (Å²) in [5.74, 6) is 2.71. The molecule has 0 aromatic carbocycles. The van der Waals surface area contributed by atoms with Crippen LogP contribution in [0.25, 0.3) is 0 Å². The van der Waals surface area contributed by atoms with Crippen LogP contribution in [0.4, 0.5) is 19.0 Å². The van der Waals surface area contributed by atoms with Gasteiger partial charge >= 0.3 is 6.18 Å². The van der Waals surface area contributed by atoms with E-state index in [1.54, 1.807) is 0 Å². The van der Waals surface area contributed by atoms with Crippen molar-refractivity contribution in [3.8, 4) is 12.3 Å². The van der Waals surface area contributed by atoms with Gasteiger partial charge in [-0.25, -0.2) is 4.98 Å². The SMILES string of the molecule is C#CCNC(=O)CN1CCN(c2ccc(C(F)(F)F)cn2)CC1. The number of rotatable bonds is 4. The molecule has 5 nitrogen and oxygen atoms in total. The zero-order valence-electron chi connectivity index (χ0n) is 12.4. The lowest BCUT2D eigenvalue weighted by Crippen LogP contribution is -2.49. The van der Waals surface area contributed by atoms with E-state index in [9.17, 15) is 18.0 Å². The average Bonchev–Trinajstić information content (AvgIpc) is 2.53. The number of hydrogen-bond donors (Lipinski definition) is 1. The van der Waals surface area contributed by atoms with Crippen LogP contribution in [0.5, 0.6) is 0 Å². The van der Waals surface area contributed by atoms with Crippen LogP contribution < -0.4 is 10.2 Å². The summed E-state index contributed by atoms with van der Waals surface area (Å²) < 4.78 is 37.5. The van der Waals surface area contributed by atoms with E-state index in [-0.39, 0.29) is 19.0 Å². The third-order valence-electron chi connectivity index (χ3n) is 3.53. The largest absolute Gasteiger partial charge is 0.417 e. The van der Waals surface area contributed by atoms with Gasteiger partial charge < -0.3 is 10.2 Å². The van der Waals surface area contributed by atoms with E-state index < -0.39 is 11.7 Å². The molecule has 124 valence electrons. The van der Waals surface area contributed by atoms with Gasteiger partial charge in [0.25, 0.3) is 0 Å². The number of alkyl halides is 3. The maximum Gasteiger partial charge on any atom is 0.417 e. The molecule has 23 heavy (non-hydrogen) atoms. The van der Waals surface area contributed by atoms with Crippen molar-refractivity contribution in [3.63, 3.8) is 0 Å². The van der Waals surface area contributed by atoms with Crippen LogP contribution in [0.1, 0.15) is 5.56 Å². The predicted molar refractivity (Wildman–Crippen MR) is 79.7 cm³/mol. The van der Waals surface area contributed by atoms with Crippen LogP contribution in [0, 0.1) is 12.3 Å². The van der Waals surface area contributed by atoms with Gasteiger partial charge in [-0.3, -0.25) is 9.69 Å². The van der Waals surface area contributed by atoms with Crippen LogP contribution in [-0.2, 0) is 11.0 Å². The van der Waals surface area contributed by atoms with Crippen LogP contribution in [-0.4, -0.2) is 55.1 Å². The van der Waals surface area contributed by atoms with Gasteiger partial charge in [0.15, 0.2) is 0 Å². The molecule has 2 heterocycles. The molecule has 1 fully saturated rings. The van der Waals surface area contributed by atoms with Gasteiger partial charge in [-0.1, -0.05) is 5.92 Å². The Kier molecular flexibility index (Phi) is 5.45. The Balaban J connectivity index is 1.85.